The van der Waals surface area contributed by atoms with E-state index in [1.54, 1.807) is 12.1 Å². The molecule has 0 saturated heterocycles. The quantitative estimate of drug-likeness (QED) is 0.394. The standard InChI is InChI=1S/C16H9ClN4O6/c17-9-3-1-8(2-4-9)15(22)7-12-16(23)19-11-6-14(21(26)27)13(20(24)25)5-10(11)18-12/h1-7,22H,(H,19,23). The summed E-state index contributed by atoms with van der Waals surface area (Å²) < 4.78 is 0. The molecule has 0 aliphatic rings. The molecular weight excluding hydrogens is 380 g/mol. The molecule has 0 aliphatic carbocycles. The molecule has 2 N–H and O–H groups in total. The number of rotatable bonds is 4. The third-order valence-corrected chi connectivity index (χ3v) is 3.87. The second kappa shape index (κ2) is 6.84. The Morgan fingerprint density at radius 1 is 1.11 bits per heavy atom. The van der Waals surface area contributed by atoms with Gasteiger partial charge in [-0.2, -0.15) is 0 Å². The van der Waals surface area contributed by atoms with Crippen LogP contribution in [0.4, 0.5) is 11.4 Å². The van der Waals surface area contributed by atoms with E-state index < -0.39 is 26.8 Å². The fourth-order valence-corrected chi connectivity index (χ4v) is 2.48. The van der Waals surface area contributed by atoms with Crippen LogP contribution in [0.1, 0.15) is 11.3 Å². The van der Waals surface area contributed by atoms with Gasteiger partial charge in [-0.15, -0.1) is 0 Å². The first-order valence-electron chi connectivity index (χ1n) is 7.29. The molecule has 11 heteroatoms. The zero-order valence-corrected chi connectivity index (χ0v) is 14.0. The fourth-order valence-electron chi connectivity index (χ4n) is 2.35. The number of aromatic nitrogens is 2. The number of halogens is 1. The summed E-state index contributed by atoms with van der Waals surface area (Å²) in [4.78, 5) is 38.7. The Labute approximate surface area is 154 Å². The maximum absolute atomic E-state index is 12.2. The van der Waals surface area contributed by atoms with Crippen molar-refractivity contribution in [1.29, 1.82) is 0 Å². The van der Waals surface area contributed by atoms with Crippen molar-refractivity contribution in [1.82, 2.24) is 9.97 Å². The molecule has 0 radical (unpaired) electrons. The van der Waals surface area contributed by atoms with E-state index in [1.165, 1.54) is 12.1 Å². The number of H-pyrrole nitrogens is 1. The molecule has 0 aliphatic heterocycles. The third kappa shape index (κ3) is 3.60. The fraction of sp³-hybridized carbons (Fsp3) is 0. The second-order valence-electron chi connectivity index (χ2n) is 5.36. The Bertz CT molecular complexity index is 1170. The van der Waals surface area contributed by atoms with Gasteiger partial charge in [0, 0.05) is 22.7 Å². The number of nitrogens with zero attached hydrogens (tertiary/aromatic N) is 3. The second-order valence-corrected chi connectivity index (χ2v) is 5.80. The molecule has 0 amide bonds. The molecule has 0 spiro atoms. The number of hydrogen-bond acceptors (Lipinski definition) is 7. The summed E-state index contributed by atoms with van der Waals surface area (Å²) in [6.07, 6.45) is 1.08. The zero-order chi connectivity index (χ0) is 19.7. The van der Waals surface area contributed by atoms with Crippen molar-refractivity contribution in [3.05, 3.63) is 83.3 Å². The smallest absolute Gasteiger partial charge is 0.348 e. The van der Waals surface area contributed by atoms with Crippen LogP contribution in [0.2, 0.25) is 5.02 Å². The maximum atomic E-state index is 12.2. The first-order chi connectivity index (χ1) is 12.8. The van der Waals surface area contributed by atoms with Crippen molar-refractivity contribution in [2.45, 2.75) is 0 Å². The van der Waals surface area contributed by atoms with Crippen LogP contribution in [0.5, 0.6) is 0 Å². The summed E-state index contributed by atoms with van der Waals surface area (Å²) >= 11 is 5.77. The molecule has 0 saturated carbocycles. The number of hydrogen-bond donors (Lipinski definition) is 2. The van der Waals surface area contributed by atoms with E-state index in [-0.39, 0.29) is 22.5 Å². The van der Waals surface area contributed by atoms with Gasteiger partial charge in [0.1, 0.15) is 11.5 Å². The molecule has 0 atom stereocenters. The Kier molecular flexibility index (Phi) is 4.57. The van der Waals surface area contributed by atoms with Gasteiger partial charge in [0.05, 0.1) is 26.9 Å². The predicted molar refractivity (Wildman–Crippen MR) is 97.6 cm³/mol. The summed E-state index contributed by atoms with van der Waals surface area (Å²) in [6, 6.07) is 7.90. The number of nitro benzene ring substituents is 2. The molecule has 1 aromatic heterocycles. The van der Waals surface area contributed by atoms with Crippen LogP contribution in [0, 0.1) is 20.2 Å². The minimum absolute atomic E-state index is 0.0398. The minimum atomic E-state index is -0.921. The molecule has 2 aromatic carbocycles. The number of nitro groups is 2. The van der Waals surface area contributed by atoms with Crippen LogP contribution in [0.15, 0.2) is 41.2 Å². The van der Waals surface area contributed by atoms with E-state index in [1.807, 2.05) is 0 Å². The van der Waals surface area contributed by atoms with Crippen LogP contribution in [0.3, 0.4) is 0 Å². The van der Waals surface area contributed by atoms with Gasteiger partial charge in [-0.3, -0.25) is 25.0 Å². The van der Waals surface area contributed by atoms with Crippen LogP contribution >= 0.6 is 11.6 Å². The van der Waals surface area contributed by atoms with Crippen LogP contribution in [-0.4, -0.2) is 24.9 Å². The Morgan fingerprint density at radius 3 is 2.30 bits per heavy atom. The van der Waals surface area contributed by atoms with E-state index in [0.717, 1.165) is 18.2 Å². The van der Waals surface area contributed by atoms with Crippen molar-refractivity contribution >= 4 is 45.8 Å². The Balaban J connectivity index is 2.16. The molecule has 0 unspecified atom stereocenters. The lowest BCUT2D eigenvalue weighted by Crippen LogP contribution is -2.12. The van der Waals surface area contributed by atoms with Crippen molar-refractivity contribution in [2.75, 3.05) is 0 Å². The summed E-state index contributed by atoms with van der Waals surface area (Å²) in [5.41, 5.74) is -2.19. The summed E-state index contributed by atoms with van der Waals surface area (Å²) in [7, 11) is 0. The highest BCUT2D eigenvalue weighted by Gasteiger charge is 2.25. The highest BCUT2D eigenvalue weighted by molar-refractivity contribution is 6.30. The van der Waals surface area contributed by atoms with E-state index in [2.05, 4.69) is 9.97 Å². The van der Waals surface area contributed by atoms with E-state index in [0.29, 0.717) is 10.6 Å². The van der Waals surface area contributed by atoms with Crippen molar-refractivity contribution in [2.24, 2.45) is 0 Å². The lowest BCUT2D eigenvalue weighted by molar-refractivity contribution is -0.422. The van der Waals surface area contributed by atoms with Crippen molar-refractivity contribution < 1.29 is 15.0 Å². The number of aromatic amines is 1. The normalized spacial score (nSPS) is 11.5. The Hall–Kier alpha value is -3.79. The maximum Gasteiger partial charge on any atom is 0.348 e. The average Bonchev–Trinajstić information content (AvgIpc) is 2.61. The van der Waals surface area contributed by atoms with E-state index >= 15 is 0 Å². The van der Waals surface area contributed by atoms with Gasteiger partial charge >= 0.3 is 11.4 Å². The summed E-state index contributed by atoms with van der Waals surface area (Å²) in [5.74, 6) is -0.277. The van der Waals surface area contributed by atoms with Gasteiger partial charge in [-0.05, 0) is 24.3 Å². The highest BCUT2D eigenvalue weighted by Crippen LogP contribution is 2.30. The van der Waals surface area contributed by atoms with Gasteiger partial charge in [0.15, 0.2) is 0 Å². The van der Waals surface area contributed by atoms with E-state index in [4.69, 9.17) is 11.6 Å². The first-order valence-corrected chi connectivity index (χ1v) is 7.67. The monoisotopic (exact) mass is 388 g/mol. The number of aliphatic hydroxyl groups excluding tert-OH is 1. The molecular formula is C16H9ClN4O6. The SMILES string of the molecule is O=c1[nH]c2cc([N+](=O)[O-])c([N+](=O)[O-])cc2nc1C=C(O)c1ccc(Cl)cc1. The summed E-state index contributed by atoms with van der Waals surface area (Å²) in [6.45, 7) is 0. The topological polar surface area (TPSA) is 152 Å². The van der Waals surface area contributed by atoms with Gasteiger partial charge in [0.25, 0.3) is 5.56 Å². The average molecular weight is 389 g/mol. The molecule has 136 valence electrons. The van der Waals surface area contributed by atoms with Crippen LogP contribution in [-0.2, 0) is 0 Å². The molecule has 0 bridgehead atoms. The van der Waals surface area contributed by atoms with Gasteiger partial charge in [-0.25, -0.2) is 4.98 Å². The van der Waals surface area contributed by atoms with Gasteiger partial charge in [-0.1, -0.05) is 11.6 Å². The molecule has 3 rings (SSSR count). The number of fused-ring (bicyclic) bond motifs is 1. The van der Waals surface area contributed by atoms with Crippen LogP contribution in [0.25, 0.3) is 22.9 Å². The summed E-state index contributed by atoms with van der Waals surface area (Å²) in [5, 5.41) is 32.6. The van der Waals surface area contributed by atoms with E-state index in [9.17, 15) is 30.1 Å². The van der Waals surface area contributed by atoms with Gasteiger partial charge in [0.2, 0.25) is 0 Å². The largest absolute Gasteiger partial charge is 0.507 e. The predicted octanol–water partition coefficient (Wildman–Crippen LogP) is 3.45. The lowest BCUT2D eigenvalue weighted by atomic mass is 10.1. The number of nitrogens with one attached hydrogen (secondary N) is 1. The molecule has 27 heavy (non-hydrogen) atoms. The first kappa shape index (κ1) is 18.0. The molecule has 0 fully saturated rings. The Morgan fingerprint density at radius 2 is 1.70 bits per heavy atom. The molecule has 10 nitrogen and oxygen atoms in total. The zero-order valence-electron chi connectivity index (χ0n) is 13.2. The molecule has 1 heterocycles. The lowest BCUT2D eigenvalue weighted by Gasteiger charge is -2.03. The van der Waals surface area contributed by atoms with Crippen molar-refractivity contribution in [3.63, 3.8) is 0 Å². The molecule has 3 aromatic rings. The number of benzene rings is 2. The number of aliphatic hydroxyl groups is 1. The third-order valence-electron chi connectivity index (χ3n) is 3.62. The highest BCUT2D eigenvalue weighted by atomic mass is 35.5. The van der Waals surface area contributed by atoms with Crippen LogP contribution < -0.4 is 5.56 Å². The van der Waals surface area contributed by atoms with Crippen molar-refractivity contribution in [3.8, 4) is 0 Å². The minimum Gasteiger partial charge on any atom is -0.507 e. The van der Waals surface area contributed by atoms with Gasteiger partial charge < -0.3 is 10.1 Å².